The molecule has 1 aliphatic heterocycles. The highest BCUT2D eigenvalue weighted by atomic mass is 35.5. The highest BCUT2D eigenvalue weighted by Crippen LogP contribution is 2.44. The van der Waals surface area contributed by atoms with Crippen LogP contribution in [0.1, 0.15) is 89.7 Å². The van der Waals surface area contributed by atoms with E-state index in [0.717, 1.165) is 44.2 Å². The van der Waals surface area contributed by atoms with Crippen molar-refractivity contribution < 1.29 is 14.3 Å². The Bertz CT molecular complexity index is 863. The Morgan fingerprint density at radius 2 is 2.00 bits per heavy atom. The molecule has 1 aromatic carbocycles. The number of hydrogen-bond acceptors (Lipinski definition) is 4. The number of rotatable bonds is 11. The summed E-state index contributed by atoms with van der Waals surface area (Å²) in [5.74, 6) is 0.686. The summed E-state index contributed by atoms with van der Waals surface area (Å²) in [6.07, 6.45) is 10.1. The molecule has 3 amide bonds. The molecule has 1 heterocycles. The molecule has 2 fully saturated rings. The molecular formula is C29H47ClN4O3. The third kappa shape index (κ3) is 9.06. The molecule has 3 rings (SSSR count). The molecule has 37 heavy (non-hydrogen) atoms. The monoisotopic (exact) mass is 534 g/mol. The van der Waals surface area contributed by atoms with E-state index < -0.39 is 17.6 Å². The third-order valence-corrected chi connectivity index (χ3v) is 8.18. The van der Waals surface area contributed by atoms with E-state index in [1.807, 2.05) is 36.2 Å². The Morgan fingerprint density at radius 3 is 2.70 bits per heavy atom. The average molecular weight is 535 g/mol. The molecule has 3 atom stereocenters. The highest BCUT2D eigenvalue weighted by Gasteiger charge is 2.43. The van der Waals surface area contributed by atoms with E-state index in [1.54, 1.807) is 0 Å². The Balaban J connectivity index is 1.71. The maximum Gasteiger partial charge on any atom is 0.407 e. The van der Waals surface area contributed by atoms with Crippen molar-refractivity contribution in [3.8, 4) is 0 Å². The van der Waals surface area contributed by atoms with Crippen LogP contribution in [0.2, 0.25) is 5.02 Å². The Hall–Kier alpha value is -1.99. The van der Waals surface area contributed by atoms with Gasteiger partial charge in [0.2, 0.25) is 0 Å². The zero-order valence-electron chi connectivity index (χ0n) is 23.0. The minimum absolute atomic E-state index is 0.0285. The van der Waals surface area contributed by atoms with E-state index in [4.69, 9.17) is 16.3 Å². The Kier molecular flexibility index (Phi) is 11.8. The standard InChI is InChI=1S/C29H47ClN4O3/c1-4-5-16-32-28(36)37-26(23-13-9-14-24(30)19-23)29(2)15-10-17-34(21-29)27(35)33-25(20-31-3)18-22-11-7-6-8-12-22/h9,13-14,19,22,25-26,31H,4-8,10-12,15-18,20-21H2,1-3H3,(H,32,36)(H,33,35)/t25-,26-,29?/m0/s1. The first kappa shape index (κ1) is 29.6. The van der Waals surface area contributed by atoms with Crippen molar-refractivity contribution in [1.82, 2.24) is 20.9 Å². The molecule has 1 saturated carbocycles. The van der Waals surface area contributed by atoms with Crippen LogP contribution >= 0.6 is 11.6 Å². The quantitative estimate of drug-likeness (QED) is 0.292. The summed E-state index contributed by atoms with van der Waals surface area (Å²) in [4.78, 5) is 28.1. The molecule has 1 aliphatic carbocycles. The SMILES string of the molecule is CCCCNC(=O)O[C@@H](c1cccc(Cl)c1)C1(C)CCCN(C(=O)N[C@H](CNC)CC2CCCCC2)C1. The summed E-state index contributed by atoms with van der Waals surface area (Å²) < 4.78 is 6.05. The molecule has 8 heteroatoms. The van der Waals surface area contributed by atoms with Gasteiger partial charge in [-0.05, 0) is 56.3 Å². The molecular weight excluding hydrogens is 488 g/mol. The number of benzene rings is 1. The summed E-state index contributed by atoms with van der Waals surface area (Å²) in [6, 6.07) is 7.60. The van der Waals surface area contributed by atoms with Gasteiger partial charge in [0, 0.05) is 42.7 Å². The van der Waals surface area contributed by atoms with E-state index in [2.05, 4.69) is 29.8 Å². The van der Waals surface area contributed by atoms with Crippen LogP contribution in [0.25, 0.3) is 0 Å². The zero-order valence-corrected chi connectivity index (χ0v) is 23.7. The van der Waals surface area contributed by atoms with Crippen molar-refractivity contribution in [3.63, 3.8) is 0 Å². The lowest BCUT2D eigenvalue weighted by atomic mass is 9.74. The second-order valence-corrected chi connectivity index (χ2v) is 11.7. The third-order valence-electron chi connectivity index (χ3n) is 7.94. The Morgan fingerprint density at radius 1 is 1.22 bits per heavy atom. The number of urea groups is 1. The number of ether oxygens (including phenoxy) is 1. The second kappa shape index (κ2) is 14.8. The number of carbonyl (C=O) groups is 2. The number of likely N-dealkylation sites (tertiary alicyclic amines) is 1. The van der Waals surface area contributed by atoms with E-state index in [-0.39, 0.29) is 12.1 Å². The van der Waals surface area contributed by atoms with E-state index in [9.17, 15) is 9.59 Å². The summed E-state index contributed by atoms with van der Waals surface area (Å²) >= 11 is 6.32. The number of unbranched alkanes of at least 4 members (excludes halogenated alkanes) is 1. The second-order valence-electron chi connectivity index (χ2n) is 11.2. The number of nitrogens with one attached hydrogen (secondary N) is 3. The van der Waals surface area contributed by atoms with Crippen LogP contribution in [0.4, 0.5) is 9.59 Å². The Labute approximate surface area is 228 Å². The minimum Gasteiger partial charge on any atom is -0.441 e. The van der Waals surface area contributed by atoms with Crippen LogP contribution in [0.5, 0.6) is 0 Å². The topological polar surface area (TPSA) is 82.7 Å². The van der Waals surface area contributed by atoms with Crippen molar-refractivity contribution in [2.24, 2.45) is 11.3 Å². The van der Waals surface area contributed by atoms with Crippen LogP contribution in [-0.2, 0) is 4.74 Å². The van der Waals surface area contributed by atoms with Crippen LogP contribution in [0, 0.1) is 11.3 Å². The van der Waals surface area contributed by atoms with E-state index in [0.29, 0.717) is 30.6 Å². The van der Waals surface area contributed by atoms with Gasteiger partial charge in [-0.25, -0.2) is 9.59 Å². The van der Waals surface area contributed by atoms with Crippen molar-refractivity contribution in [2.45, 2.75) is 90.2 Å². The number of hydrogen-bond donors (Lipinski definition) is 3. The molecule has 0 aromatic heterocycles. The number of amides is 3. The lowest BCUT2D eigenvalue weighted by Crippen LogP contribution is -2.54. The maximum atomic E-state index is 13.5. The normalized spacial score (nSPS) is 22.2. The average Bonchev–Trinajstić information content (AvgIpc) is 2.88. The molecule has 1 aromatic rings. The molecule has 3 N–H and O–H groups in total. The predicted molar refractivity (Wildman–Crippen MR) is 150 cm³/mol. The molecule has 208 valence electrons. The van der Waals surface area contributed by atoms with Crippen molar-refractivity contribution in [3.05, 3.63) is 34.9 Å². The van der Waals surface area contributed by atoms with Gasteiger partial charge < -0.3 is 25.6 Å². The fourth-order valence-corrected chi connectivity index (χ4v) is 6.18. The fraction of sp³-hybridized carbons (Fsp3) is 0.724. The van der Waals surface area contributed by atoms with E-state index >= 15 is 0 Å². The minimum atomic E-state index is -0.515. The molecule has 0 spiro atoms. The summed E-state index contributed by atoms with van der Waals surface area (Å²) in [5, 5.41) is 10.1. The largest absolute Gasteiger partial charge is 0.441 e. The number of alkyl carbamates (subject to hydrolysis) is 1. The lowest BCUT2D eigenvalue weighted by Gasteiger charge is -2.45. The maximum absolute atomic E-state index is 13.5. The van der Waals surface area contributed by atoms with Crippen LogP contribution in [0.15, 0.2) is 24.3 Å². The first-order valence-corrected chi connectivity index (χ1v) is 14.6. The van der Waals surface area contributed by atoms with Gasteiger partial charge >= 0.3 is 12.1 Å². The molecule has 7 nitrogen and oxygen atoms in total. The molecule has 1 saturated heterocycles. The first-order chi connectivity index (χ1) is 17.8. The van der Waals surface area contributed by atoms with Gasteiger partial charge in [0.25, 0.3) is 0 Å². The molecule has 0 bridgehead atoms. The van der Waals surface area contributed by atoms with E-state index in [1.165, 1.54) is 32.1 Å². The number of nitrogens with zero attached hydrogens (tertiary/aromatic N) is 1. The lowest BCUT2D eigenvalue weighted by molar-refractivity contribution is -0.0233. The first-order valence-electron chi connectivity index (χ1n) is 14.2. The van der Waals surface area contributed by atoms with Gasteiger partial charge in [-0.15, -0.1) is 0 Å². The van der Waals surface area contributed by atoms with Gasteiger partial charge in [-0.1, -0.05) is 76.1 Å². The number of carbonyl (C=O) groups excluding carboxylic acids is 2. The smallest absolute Gasteiger partial charge is 0.407 e. The number of likely N-dealkylation sites (N-methyl/N-ethyl adjacent to an activating group) is 1. The van der Waals surface area contributed by atoms with Gasteiger partial charge in [0.05, 0.1) is 0 Å². The van der Waals surface area contributed by atoms with Crippen LogP contribution in [-0.4, -0.2) is 56.3 Å². The van der Waals surface area contributed by atoms with Crippen LogP contribution in [0.3, 0.4) is 0 Å². The summed E-state index contributed by atoms with van der Waals surface area (Å²) in [5.41, 5.74) is 0.415. The summed E-state index contributed by atoms with van der Waals surface area (Å²) in [7, 11) is 1.94. The van der Waals surface area contributed by atoms with Crippen molar-refractivity contribution in [1.29, 1.82) is 0 Å². The van der Waals surface area contributed by atoms with Crippen LogP contribution < -0.4 is 16.0 Å². The summed E-state index contributed by atoms with van der Waals surface area (Å²) in [6.45, 7) is 6.75. The zero-order chi connectivity index (χ0) is 26.7. The van der Waals surface area contributed by atoms with Crippen molar-refractivity contribution in [2.75, 3.05) is 33.2 Å². The number of piperidine rings is 1. The molecule has 0 radical (unpaired) electrons. The highest BCUT2D eigenvalue weighted by molar-refractivity contribution is 6.30. The van der Waals surface area contributed by atoms with Gasteiger partial charge in [-0.2, -0.15) is 0 Å². The predicted octanol–water partition coefficient (Wildman–Crippen LogP) is 6.28. The van der Waals surface area contributed by atoms with Gasteiger partial charge in [0.15, 0.2) is 0 Å². The molecule has 1 unspecified atom stereocenters. The van der Waals surface area contributed by atoms with Crippen molar-refractivity contribution >= 4 is 23.7 Å². The fourth-order valence-electron chi connectivity index (χ4n) is 5.98. The van der Waals surface area contributed by atoms with Gasteiger partial charge in [-0.3, -0.25) is 0 Å². The van der Waals surface area contributed by atoms with Gasteiger partial charge in [0.1, 0.15) is 6.10 Å². The number of halogens is 1. The molecule has 2 aliphatic rings.